The minimum atomic E-state index is -0.151. The van der Waals surface area contributed by atoms with Gasteiger partial charge in [0.1, 0.15) is 0 Å². The summed E-state index contributed by atoms with van der Waals surface area (Å²) in [6.07, 6.45) is 1.45. The number of hydrogen-bond acceptors (Lipinski definition) is 4. The molecule has 0 unspecified atom stereocenters. The fraction of sp³-hybridized carbons (Fsp3) is 0.389. The van der Waals surface area contributed by atoms with E-state index in [9.17, 15) is 9.59 Å². The Hall–Kier alpha value is -2.83. The van der Waals surface area contributed by atoms with Crippen molar-refractivity contribution >= 4 is 28.9 Å². The van der Waals surface area contributed by atoms with Crippen molar-refractivity contribution in [3.8, 4) is 0 Å². The third-order valence-corrected chi connectivity index (χ3v) is 4.48. The summed E-state index contributed by atoms with van der Waals surface area (Å²) in [7, 11) is 1.85. The maximum atomic E-state index is 12.3. The number of carbonyl (C=O) groups is 2. The molecule has 0 radical (unpaired) electrons. The Morgan fingerprint density at radius 2 is 2.04 bits per heavy atom. The zero-order chi connectivity index (χ0) is 18.0. The van der Waals surface area contributed by atoms with E-state index >= 15 is 0 Å². The van der Waals surface area contributed by atoms with E-state index in [1.165, 1.54) is 0 Å². The highest BCUT2D eigenvalue weighted by atomic mass is 16.2. The second kappa shape index (κ2) is 6.96. The van der Waals surface area contributed by atoms with Crippen molar-refractivity contribution in [2.24, 2.45) is 7.05 Å². The number of rotatable bonds is 5. The highest BCUT2D eigenvalue weighted by Crippen LogP contribution is 2.29. The van der Waals surface area contributed by atoms with E-state index in [1.807, 2.05) is 45.2 Å². The van der Waals surface area contributed by atoms with Gasteiger partial charge in [-0.05, 0) is 32.4 Å². The fourth-order valence-electron chi connectivity index (χ4n) is 3.07. The molecule has 0 atom stereocenters. The number of nitrogens with zero attached hydrogens (tertiary/aromatic N) is 3. The topological polar surface area (TPSA) is 79.3 Å². The summed E-state index contributed by atoms with van der Waals surface area (Å²) in [5, 5.41) is 10.3. The van der Waals surface area contributed by atoms with Crippen LogP contribution in [0.1, 0.15) is 24.2 Å². The van der Waals surface area contributed by atoms with Gasteiger partial charge in [0.2, 0.25) is 11.8 Å². The average Bonchev–Trinajstić information content (AvgIpc) is 3.12. The summed E-state index contributed by atoms with van der Waals surface area (Å²) in [5.41, 5.74) is 4.06. The monoisotopic (exact) mass is 341 g/mol. The lowest BCUT2D eigenvalue weighted by atomic mass is 10.2. The van der Waals surface area contributed by atoms with Gasteiger partial charge in [0.25, 0.3) is 0 Å². The van der Waals surface area contributed by atoms with Gasteiger partial charge in [-0.15, -0.1) is 0 Å². The van der Waals surface area contributed by atoms with E-state index in [4.69, 9.17) is 0 Å². The van der Waals surface area contributed by atoms with Crippen LogP contribution < -0.4 is 15.5 Å². The fourth-order valence-corrected chi connectivity index (χ4v) is 3.07. The zero-order valence-electron chi connectivity index (χ0n) is 14.8. The SMILES string of the molecule is Cc1nn(C)c(C)c1NC(=O)CNc1ccccc1N1CCCC1=O. The molecule has 1 aliphatic rings. The van der Waals surface area contributed by atoms with Gasteiger partial charge in [-0.25, -0.2) is 0 Å². The molecule has 0 bridgehead atoms. The van der Waals surface area contributed by atoms with Gasteiger partial charge in [-0.1, -0.05) is 12.1 Å². The molecule has 1 aromatic carbocycles. The molecular weight excluding hydrogens is 318 g/mol. The molecule has 1 aliphatic heterocycles. The Balaban J connectivity index is 1.67. The van der Waals surface area contributed by atoms with Gasteiger partial charge in [0, 0.05) is 20.0 Å². The van der Waals surface area contributed by atoms with E-state index in [1.54, 1.807) is 9.58 Å². The molecule has 7 nitrogen and oxygen atoms in total. The molecule has 3 rings (SSSR count). The number of aromatic nitrogens is 2. The Morgan fingerprint density at radius 1 is 1.28 bits per heavy atom. The zero-order valence-corrected chi connectivity index (χ0v) is 14.8. The molecule has 2 N–H and O–H groups in total. The Kier molecular flexibility index (Phi) is 4.74. The number of hydrogen-bond donors (Lipinski definition) is 2. The predicted octanol–water partition coefficient (Wildman–Crippen LogP) is 2.21. The summed E-state index contributed by atoms with van der Waals surface area (Å²) in [6, 6.07) is 7.57. The Bertz CT molecular complexity index is 812. The van der Waals surface area contributed by atoms with Crippen LogP contribution in [0.3, 0.4) is 0 Å². The second-order valence-electron chi connectivity index (χ2n) is 6.24. The van der Waals surface area contributed by atoms with Crippen LogP contribution in [-0.2, 0) is 16.6 Å². The maximum Gasteiger partial charge on any atom is 0.243 e. The molecule has 0 saturated carbocycles. The van der Waals surface area contributed by atoms with Crippen LogP contribution in [0.2, 0.25) is 0 Å². The third-order valence-electron chi connectivity index (χ3n) is 4.48. The molecule has 1 saturated heterocycles. The van der Waals surface area contributed by atoms with E-state index in [0.29, 0.717) is 6.42 Å². The van der Waals surface area contributed by atoms with E-state index in [-0.39, 0.29) is 18.4 Å². The third kappa shape index (κ3) is 3.50. The van der Waals surface area contributed by atoms with E-state index < -0.39 is 0 Å². The van der Waals surface area contributed by atoms with Gasteiger partial charge in [-0.3, -0.25) is 14.3 Å². The second-order valence-corrected chi connectivity index (χ2v) is 6.24. The maximum absolute atomic E-state index is 12.3. The van der Waals surface area contributed by atoms with Crippen molar-refractivity contribution in [3.05, 3.63) is 35.7 Å². The summed E-state index contributed by atoms with van der Waals surface area (Å²) in [5.74, 6) is -0.0259. The normalized spacial score (nSPS) is 14.0. The van der Waals surface area contributed by atoms with Crippen LogP contribution in [0.15, 0.2) is 24.3 Å². The highest BCUT2D eigenvalue weighted by molar-refractivity contribution is 5.99. The number of carbonyl (C=O) groups excluding carboxylic acids is 2. The van der Waals surface area contributed by atoms with Gasteiger partial charge in [0.15, 0.2) is 0 Å². The molecular formula is C18H23N5O2. The van der Waals surface area contributed by atoms with Gasteiger partial charge < -0.3 is 15.5 Å². The number of para-hydroxylation sites is 2. The number of benzene rings is 1. The molecule has 25 heavy (non-hydrogen) atoms. The standard InChI is InChI=1S/C18H23N5O2/c1-12-18(13(2)22(3)21-12)20-16(24)11-19-14-7-4-5-8-15(14)23-10-6-9-17(23)25/h4-5,7-8,19H,6,9-11H2,1-3H3,(H,20,24). The number of aryl methyl sites for hydroxylation is 2. The van der Waals surface area contributed by atoms with Crippen molar-refractivity contribution in [3.63, 3.8) is 0 Å². The Morgan fingerprint density at radius 3 is 2.68 bits per heavy atom. The number of nitrogens with one attached hydrogen (secondary N) is 2. The van der Waals surface area contributed by atoms with Crippen molar-refractivity contribution in [1.82, 2.24) is 9.78 Å². The van der Waals surface area contributed by atoms with Gasteiger partial charge in [0.05, 0.1) is 35.0 Å². The smallest absolute Gasteiger partial charge is 0.243 e. The minimum Gasteiger partial charge on any atom is -0.374 e. The van der Waals surface area contributed by atoms with Crippen molar-refractivity contribution < 1.29 is 9.59 Å². The van der Waals surface area contributed by atoms with Crippen LogP contribution in [0.4, 0.5) is 17.1 Å². The molecule has 1 aromatic heterocycles. The van der Waals surface area contributed by atoms with E-state index in [0.717, 1.165) is 41.4 Å². The average molecular weight is 341 g/mol. The number of amides is 2. The summed E-state index contributed by atoms with van der Waals surface area (Å²) < 4.78 is 1.74. The first kappa shape index (κ1) is 17.0. The largest absolute Gasteiger partial charge is 0.374 e. The van der Waals surface area contributed by atoms with Crippen LogP contribution in [0.25, 0.3) is 0 Å². The van der Waals surface area contributed by atoms with Crippen molar-refractivity contribution in [2.75, 3.05) is 28.6 Å². The molecule has 0 spiro atoms. The van der Waals surface area contributed by atoms with Crippen LogP contribution >= 0.6 is 0 Å². The molecule has 0 aliphatic carbocycles. The Labute approximate surface area is 147 Å². The van der Waals surface area contributed by atoms with Crippen LogP contribution in [0.5, 0.6) is 0 Å². The van der Waals surface area contributed by atoms with E-state index in [2.05, 4.69) is 15.7 Å². The predicted molar refractivity (Wildman–Crippen MR) is 97.8 cm³/mol. The summed E-state index contributed by atoms with van der Waals surface area (Å²) in [4.78, 5) is 26.1. The quantitative estimate of drug-likeness (QED) is 0.874. The molecule has 7 heteroatoms. The lowest BCUT2D eigenvalue weighted by molar-refractivity contribution is -0.117. The highest BCUT2D eigenvalue weighted by Gasteiger charge is 2.23. The lowest BCUT2D eigenvalue weighted by Gasteiger charge is -2.20. The number of anilines is 3. The first-order valence-corrected chi connectivity index (χ1v) is 8.40. The first-order valence-electron chi connectivity index (χ1n) is 8.40. The van der Waals surface area contributed by atoms with Crippen LogP contribution in [0, 0.1) is 13.8 Å². The van der Waals surface area contributed by atoms with Gasteiger partial charge in [-0.2, -0.15) is 5.10 Å². The van der Waals surface area contributed by atoms with Crippen LogP contribution in [-0.4, -0.2) is 34.7 Å². The summed E-state index contributed by atoms with van der Waals surface area (Å²) in [6.45, 7) is 4.62. The van der Waals surface area contributed by atoms with Gasteiger partial charge >= 0.3 is 0 Å². The minimum absolute atomic E-state index is 0.118. The molecule has 2 aromatic rings. The van der Waals surface area contributed by atoms with Crippen molar-refractivity contribution in [1.29, 1.82) is 0 Å². The molecule has 132 valence electrons. The molecule has 1 fully saturated rings. The molecule has 2 heterocycles. The first-order chi connectivity index (χ1) is 12.0. The lowest BCUT2D eigenvalue weighted by Crippen LogP contribution is -2.27. The summed E-state index contributed by atoms with van der Waals surface area (Å²) >= 11 is 0. The molecule has 2 amide bonds. The van der Waals surface area contributed by atoms with Crippen molar-refractivity contribution in [2.45, 2.75) is 26.7 Å².